The van der Waals surface area contributed by atoms with Gasteiger partial charge in [-0.05, 0) is 30.2 Å². The minimum Gasteiger partial charge on any atom is -0.496 e. The van der Waals surface area contributed by atoms with Gasteiger partial charge in [0.2, 0.25) is 0 Å². The summed E-state index contributed by atoms with van der Waals surface area (Å²) in [5.41, 5.74) is 8.53. The Bertz CT molecular complexity index is 449. The molecule has 1 aromatic carbocycles. The third-order valence-electron chi connectivity index (χ3n) is 2.46. The molecule has 98 valence electrons. The number of rotatable bonds is 6. The zero-order chi connectivity index (χ0) is 13.5. The number of hydrogen-bond donors (Lipinski definition) is 2. The lowest BCUT2D eigenvalue weighted by Gasteiger charge is -2.19. The molecule has 0 saturated carbocycles. The molecule has 0 fully saturated rings. The zero-order valence-corrected chi connectivity index (χ0v) is 10.6. The van der Waals surface area contributed by atoms with E-state index in [1.165, 1.54) is 13.2 Å². The highest BCUT2D eigenvalue weighted by Gasteiger charge is 2.21. The number of benzene rings is 1. The van der Waals surface area contributed by atoms with Crippen molar-refractivity contribution in [2.75, 3.05) is 13.7 Å². The Hall–Kier alpha value is -1.46. The smallest absolute Gasteiger partial charge is 0.124 e. The summed E-state index contributed by atoms with van der Waals surface area (Å²) < 4.78 is 5.09. The van der Waals surface area contributed by atoms with Gasteiger partial charge in [0.25, 0.3) is 0 Å². The van der Waals surface area contributed by atoms with Crippen LogP contribution in [-0.2, 0) is 0 Å². The largest absolute Gasteiger partial charge is 0.496 e. The van der Waals surface area contributed by atoms with E-state index in [0.29, 0.717) is 16.3 Å². The fourth-order valence-electron chi connectivity index (χ4n) is 1.54. The van der Waals surface area contributed by atoms with Crippen molar-refractivity contribution in [1.29, 1.82) is 0 Å². The van der Waals surface area contributed by atoms with E-state index in [9.17, 15) is 10.2 Å². The van der Waals surface area contributed by atoms with Crippen LogP contribution in [0.25, 0.3) is 10.4 Å². The summed E-state index contributed by atoms with van der Waals surface area (Å²) in [6.45, 7) is 0.109. The number of hydrogen-bond acceptors (Lipinski definition) is 4. The van der Waals surface area contributed by atoms with E-state index in [0.717, 1.165) is 0 Å². The molecule has 0 radical (unpaired) electrons. The number of aliphatic hydroxyl groups is 2. The Balaban J connectivity index is 2.84. The van der Waals surface area contributed by atoms with E-state index in [-0.39, 0.29) is 13.0 Å². The molecule has 1 rings (SSSR count). The molecule has 0 spiro atoms. The molecule has 2 atom stereocenters. The summed E-state index contributed by atoms with van der Waals surface area (Å²) in [5, 5.41) is 23.5. The minimum atomic E-state index is -1.15. The van der Waals surface area contributed by atoms with Crippen molar-refractivity contribution in [2.24, 2.45) is 5.11 Å². The van der Waals surface area contributed by atoms with Crippen LogP contribution < -0.4 is 4.74 Å². The molecule has 1 aromatic rings. The number of halogens is 1. The molecular weight excluding hydrogens is 258 g/mol. The molecule has 0 bridgehead atoms. The first-order valence-corrected chi connectivity index (χ1v) is 5.68. The third-order valence-corrected chi connectivity index (χ3v) is 2.70. The SMILES string of the molecule is COc1ccc(Cl)cc1C(O)C(O)CCN=[N+]=[N-]. The minimum absolute atomic E-state index is 0.109. The topological polar surface area (TPSA) is 98.5 Å². The van der Waals surface area contributed by atoms with Crippen molar-refractivity contribution in [3.8, 4) is 5.75 Å². The standard InChI is InChI=1S/C11H14ClN3O3/c1-18-10-3-2-7(12)6-8(10)11(17)9(16)4-5-14-15-13/h2-3,6,9,11,16-17H,4-5H2,1H3. The van der Waals surface area contributed by atoms with Crippen molar-refractivity contribution < 1.29 is 14.9 Å². The van der Waals surface area contributed by atoms with Gasteiger partial charge >= 0.3 is 0 Å². The summed E-state index contributed by atoms with van der Waals surface area (Å²) >= 11 is 5.83. The average molecular weight is 272 g/mol. The van der Waals surface area contributed by atoms with Gasteiger partial charge in [0.15, 0.2) is 0 Å². The van der Waals surface area contributed by atoms with Crippen molar-refractivity contribution in [2.45, 2.75) is 18.6 Å². The summed E-state index contributed by atoms with van der Waals surface area (Å²) in [7, 11) is 1.46. The quantitative estimate of drug-likeness (QED) is 0.472. The second-order valence-corrected chi connectivity index (χ2v) is 4.08. The number of aliphatic hydroxyl groups excluding tert-OH is 2. The van der Waals surface area contributed by atoms with Crippen LogP contribution in [0.4, 0.5) is 0 Å². The lowest BCUT2D eigenvalue weighted by molar-refractivity contribution is 0.0137. The zero-order valence-electron chi connectivity index (χ0n) is 9.82. The Morgan fingerprint density at radius 2 is 2.22 bits per heavy atom. The molecule has 0 heterocycles. The Labute approximate surface area is 109 Å². The predicted molar refractivity (Wildman–Crippen MR) is 67.6 cm³/mol. The van der Waals surface area contributed by atoms with Crippen LogP contribution in [0.2, 0.25) is 5.02 Å². The molecule has 0 aliphatic rings. The molecule has 2 unspecified atom stereocenters. The van der Waals surface area contributed by atoms with Crippen molar-refractivity contribution in [3.63, 3.8) is 0 Å². The van der Waals surface area contributed by atoms with Crippen molar-refractivity contribution in [3.05, 3.63) is 39.2 Å². The molecule has 0 aliphatic carbocycles. The summed E-state index contributed by atoms with van der Waals surface area (Å²) in [5.74, 6) is 0.440. The van der Waals surface area contributed by atoms with Gasteiger partial charge in [-0.25, -0.2) is 0 Å². The van der Waals surface area contributed by atoms with Gasteiger partial charge in [0.1, 0.15) is 11.9 Å². The fraction of sp³-hybridized carbons (Fsp3) is 0.455. The Morgan fingerprint density at radius 3 is 2.83 bits per heavy atom. The van der Waals surface area contributed by atoms with Gasteiger partial charge in [-0.3, -0.25) is 0 Å². The van der Waals surface area contributed by atoms with Crippen molar-refractivity contribution in [1.82, 2.24) is 0 Å². The molecule has 0 aliphatic heterocycles. The monoisotopic (exact) mass is 271 g/mol. The highest BCUT2D eigenvalue weighted by Crippen LogP contribution is 2.30. The van der Waals surface area contributed by atoms with Crippen molar-refractivity contribution >= 4 is 11.6 Å². The number of methoxy groups -OCH3 is 1. The number of nitrogens with zero attached hydrogens (tertiary/aromatic N) is 3. The molecule has 0 aromatic heterocycles. The van der Waals surface area contributed by atoms with Crippen LogP contribution in [0.15, 0.2) is 23.3 Å². The van der Waals surface area contributed by atoms with Crippen LogP contribution in [-0.4, -0.2) is 30.0 Å². The van der Waals surface area contributed by atoms with E-state index >= 15 is 0 Å². The first-order chi connectivity index (χ1) is 8.60. The predicted octanol–water partition coefficient (Wildman–Crippen LogP) is 2.44. The lowest BCUT2D eigenvalue weighted by Crippen LogP contribution is -2.19. The second kappa shape index (κ2) is 7.08. The Kier molecular flexibility index (Phi) is 5.74. The fourth-order valence-corrected chi connectivity index (χ4v) is 1.72. The van der Waals surface area contributed by atoms with Crippen LogP contribution in [0.1, 0.15) is 18.1 Å². The molecule has 2 N–H and O–H groups in total. The number of azide groups is 1. The van der Waals surface area contributed by atoms with E-state index < -0.39 is 12.2 Å². The molecule has 6 nitrogen and oxygen atoms in total. The first-order valence-electron chi connectivity index (χ1n) is 5.30. The maximum Gasteiger partial charge on any atom is 0.124 e. The van der Waals surface area contributed by atoms with E-state index in [1.54, 1.807) is 12.1 Å². The van der Waals surface area contributed by atoms with Gasteiger partial charge in [0.05, 0.1) is 13.2 Å². The molecular formula is C11H14ClN3O3. The highest BCUT2D eigenvalue weighted by molar-refractivity contribution is 6.30. The van der Waals surface area contributed by atoms with Crippen LogP contribution in [0.5, 0.6) is 5.75 Å². The normalized spacial score (nSPS) is 13.6. The number of ether oxygens (including phenoxy) is 1. The Morgan fingerprint density at radius 1 is 1.50 bits per heavy atom. The average Bonchev–Trinajstić information content (AvgIpc) is 2.38. The van der Waals surface area contributed by atoms with E-state index in [2.05, 4.69) is 10.0 Å². The van der Waals surface area contributed by atoms with Crippen LogP contribution in [0.3, 0.4) is 0 Å². The lowest BCUT2D eigenvalue weighted by atomic mass is 10.0. The highest BCUT2D eigenvalue weighted by atomic mass is 35.5. The van der Waals surface area contributed by atoms with Gasteiger partial charge in [-0.1, -0.05) is 16.7 Å². The summed E-state index contributed by atoms with van der Waals surface area (Å²) in [4.78, 5) is 2.57. The van der Waals surface area contributed by atoms with Crippen LogP contribution in [0, 0.1) is 0 Å². The van der Waals surface area contributed by atoms with Crippen LogP contribution >= 0.6 is 11.6 Å². The van der Waals surface area contributed by atoms with E-state index in [1.807, 2.05) is 0 Å². The van der Waals surface area contributed by atoms with E-state index in [4.69, 9.17) is 21.9 Å². The molecule has 7 heteroatoms. The van der Waals surface area contributed by atoms with Gasteiger partial charge in [-0.2, -0.15) is 0 Å². The third kappa shape index (κ3) is 3.78. The van der Waals surface area contributed by atoms with Gasteiger partial charge in [0, 0.05) is 22.0 Å². The summed E-state index contributed by atoms with van der Waals surface area (Å²) in [6.07, 6.45) is -2.05. The second-order valence-electron chi connectivity index (χ2n) is 3.64. The first kappa shape index (κ1) is 14.6. The van der Waals surface area contributed by atoms with Gasteiger partial charge in [-0.15, -0.1) is 0 Å². The maximum absolute atomic E-state index is 10.0. The molecule has 0 saturated heterocycles. The molecule has 0 amide bonds. The molecule has 18 heavy (non-hydrogen) atoms. The maximum atomic E-state index is 10.0. The van der Waals surface area contributed by atoms with Gasteiger partial charge < -0.3 is 14.9 Å². The summed E-state index contributed by atoms with van der Waals surface area (Å²) in [6, 6.07) is 4.77.